The molecule has 0 atom stereocenters. The summed E-state index contributed by atoms with van der Waals surface area (Å²) in [6.07, 6.45) is 0. The van der Waals surface area contributed by atoms with Crippen LogP contribution < -0.4 is 0 Å². The van der Waals surface area contributed by atoms with Crippen LogP contribution in [0, 0.1) is 0 Å². The van der Waals surface area contributed by atoms with Gasteiger partial charge in [0.05, 0.1) is 8.36 Å². The van der Waals surface area contributed by atoms with Crippen molar-refractivity contribution in [3.63, 3.8) is 0 Å². The highest BCUT2D eigenvalue weighted by atomic mass is 127. The molecule has 0 aromatic carbocycles. The zero-order valence-corrected chi connectivity index (χ0v) is 6.22. The van der Waals surface area contributed by atoms with Gasteiger partial charge in [0.1, 0.15) is 0 Å². The van der Waals surface area contributed by atoms with Crippen LogP contribution in [0.15, 0.2) is 9.98 Å². The molecule has 2 nitrogen and oxygen atoms in total. The number of halogens is 2. The van der Waals surface area contributed by atoms with Gasteiger partial charge in [0.2, 0.25) is 5.29 Å². The molecule has 4 heteroatoms. The van der Waals surface area contributed by atoms with Gasteiger partial charge in [0.15, 0.2) is 0 Å². The van der Waals surface area contributed by atoms with E-state index in [-0.39, 0.29) is 20.7 Å². The van der Waals surface area contributed by atoms with Crippen molar-refractivity contribution in [2.24, 2.45) is 9.98 Å². The Balaban J connectivity index is 2.82. The topological polar surface area (TPSA) is 24.7 Å². The van der Waals surface area contributed by atoms with Gasteiger partial charge < -0.3 is 0 Å². The maximum Gasteiger partial charge on any atom is 0.223 e. The molecule has 1 heterocycles. The van der Waals surface area contributed by atoms with Crippen LogP contribution in [0.4, 0.5) is 0 Å². The van der Waals surface area contributed by atoms with E-state index >= 15 is 0 Å². The second-order valence-electron chi connectivity index (χ2n) is 0.848. The van der Waals surface area contributed by atoms with Crippen molar-refractivity contribution in [2.75, 3.05) is 0 Å². The molecule has 38 valence electrons. The number of hydrogen-bond donors (Lipinski definition) is 0. The van der Waals surface area contributed by atoms with Gasteiger partial charge in [-0.2, -0.15) is 0 Å². The molecule has 0 aromatic rings. The predicted molar refractivity (Wildman–Crippen MR) is 41.9 cm³/mol. The smallest absolute Gasteiger partial charge is 0.220 e. The largest absolute Gasteiger partial charge is 0.223 e. The fourth-order valence-corrected chi connectivity index (χ4v) is 1.62. The summed E-state index contributed by atoms with van der Waals surface area (Å²) in [6, 6.07) is 0. The van der Waals surface area contributed by atoms with Crippen LogP contribution >= 0.6 is 32.3 Å². The summed E-state index contributed by atoms with van der Waals surface area (Å²) in [5, 5.41) is 0.353. The lowest BCUT2D eigenvalue weighted by molar-refractivity contribution is 1.72. The highest BCUT2D eigenvalue weighted by molar-refractivity contribution is 14.2. The summed E-state index contributed by atoms with van der Waals surface area (Å²) in [4.78, 5) is 7.48. The third-order valence-electron chi connectivity index (χ3n) is 0.423. The number of hydrogen-bond acceptors (Lipinski definition) is 2. The van der Waals surface area contributed by atoms with Crippen LogP contribution in [0.5, 0.6) is 0 Å². The molecule has 0 amide bonds. The van der Waals surface area contributed by atoms with E-state index in [9.17, 15) is 0 Å². The van der Waals surface area contributed by atoms with E-state index in [1.54, 1.807) is 0 Å². The Morgan fingerprint density at radius 1 is 1.71 bits per heavy atom. The molecular formula is C3H2ClIN2. The molecule has 0 fully saturated rings. The van der Waals surface area contributed by atoms with Crippen molar-refractivity contribution in [1.29, 1.82) is 0 Å². The van der Waals surface area contributed by atoms with Gasteiger partial charge in [0.25, 0.3) is 0 Å². The third kappa shape index (κ3) is 1.65. The summed E-state index contributed by atoms with van der Waals surface area (Å²) in [7, 11) is 0. The Bertz CT molecular complexity index is 149. The fraction of sp³-hybridized carbons (Fsp3) is 0. The van der Waals surface area contributed by atoms with Gasteiger partial charge in [-0.05, 0) is 11.6 Å². The minimum Gasteiger partial charge on any atom is -0.220 e. The zero-order valence-electron chi connectivity index (χ0n) is 3.31. The SMILES string of the molecule is ClC1=NC=IC=N1. The van der Waals surface area contributed by atoms with Crippen molar-refractivity contribution >= 4 is 46.0 Å². The highest BCUT2D eigenvalue weighted by Crippen LogP contribution is 1.98. The molecule has 0 aliphatic carbocycles. The lowest BCUT2D eigenvalue weighted by atomic mass is 11.2. The van der Waals surface area contributed by atoms with Gasteiger partial charge >= 0.3 is 0 Å². The summed E-state index contributed by atoms with van der Waals surface area (Å²) >= 11 is 5.35. The van der Waals surface area contributed by atoms with Gasteiger partial charge in [-0.3, -0.25) is 0 Å². The molecule has 1 rings (SSSR count). The Labute approximate surface area is 56.1 Å². The molecule has 1 aliphatic rings. The summed E-state index contributed by atoms with van der Waals surface area (Å²) in [5.41, 5.74) is 0. The van der Waals surface area contributed by atoms with Crippen LogP contribution in [-0.2, 0) is 0 Å². The number of amidine groups is 1. The predicted octanol–water partition coefficient (Wildman–Crippen LogP) is 1.35. The van der Waals surface area contributed by atoms with E-state index < -0.39 is 0 Å². The lowest BCUT2D eigenvalue weighted by Crippen LogP contribution is -1.82. The Hall–Kier alpha value is 0.230. The van der Waals surface area contributed by atoms with Crippen LogP contribution in [-0.4, -0.2) is 13.7 Å². The molecular weight excluding hydrogens is 226 g/mol. The molecule has 7 heavy (non-hydrogen) atoms. The second kappa shape index (κ2) is 2.52. The second-order valence-corrected chi connectivity index (χ2v) is 3.02. The Morgan fingerprint density at radius 2 is 2.57 bits per heavy atom. The summed E-state index contributed by atoms with van der Waals surface area (Å²) < 4.78 is 3.66. The van der Waals surface area contributed by atoms with Gasteiger partial charge in [-0.15, -0.1) is 0 Å². The monoisotopic (exact) mass is 228 g/mol. The van der Waals surface area contributed by atoms with E-state index in [2.05, 4.69) is 9.98 Å². The van der Waals surface area contributed by atoms with E-state index in [1.165, 1.54) is 0 Å². The van der Waals surface area contributed by atoms with Crippen molar-refractivity contribution < 1.29 is 0 Å². The first kappa shape index (κ1) is 5.37. The fourth-order valence-electron chi connectivity index (χ4n) is 0.195. The molecule has 0 bridgehead atoms. The maximum absolute atomic E-state index is 5.36. The molecule has 0 unspecified atom stereocenters. The first-order chi connectivity index (χ1) is 3.39. The molecule has 0 N–H and O–H groups in total. The quantitative estimate of drug-likeness (QED) is 0.442. The maximum atomic E-state index is 5.36. The minimum absolute atomic E-state index is 0.00107. The van der Waals surface area contributed by atoms with Crippen LogP contribution in [0.1, 0.15) is 0 Å². The Kier molecular flexibility index (Phi) is 1.93. The van der Waals surface area contributed by atoms with Crippen LogP contribution in [0.25, 0.3) is 0 Å². The van der Waals surface area contributed by atoms with E-state index in [1.807, 2.05) is 8.36 Å². The van der Waals surface area contributed by atoms with Gasteiger partial charge in [0, 0.05) is 0 Å². The highest BCUT2D eigenvalue weighted by Gasteiger charge is 1.85. The van der Waals surface area contributed by atoms with Gasteiger partial charge in [-0.25, -0.2) is 9.98 Å². The van der Waals surface area contributed by atoms with E-state index in [0.29, 0.717) is 5.29 Å². The normalized spacial score (nSPS) is 18.1. The van der Waals surface area contributed by atoms with Crippen molar-refractivity contribution in [2.45, 2.75) is 0 Å². The standard InChI is InChI=1S/C3H2ClIN2/c4-3-6-1-5-2-7-3/h1-2H. The van der Waals surface area contributed by atoms with Crippen molar-refractivity contribution in [3.05, 3.63) is 0 Å². The van der Waals surface area contributed by atoms with E-state index in [4.69, 9.17) is 11.6 Å². The average molecular weight is 228 g/mol. The molecule has 0 saturated heterocycles. The molecule has 0 radical (unpaired) electrons. The van der Waals surface area contributed by atoms with Gasteiger partial charge in [-0.1, -0.05) is 20.7 Å². The molecule has 0 spiro atoms. The summed E-state index contributed by atoms with van der Waals surface area (Å²) in [5.74, 6) is 0. The number of rotatable bonds is 0. The van der Waals surface area contributed by atoms with Crippen LogP contribution in [0.2, 0.25) is 0 Å². The first-order valence-electron chi connectivity index (χ1n) is 1.59. The Morgan fingerprint density at radius 3 is 2.86 bits per heavy atom. The first-order valence-corrected chi connectivity index (χ1v) is 4.46. The minimum atomic E-state index is -0.00107. The summed E-state index contributed by atoms with van der Waals surface area (Å²) in [6.45, 7) is 0. The molecule has 0 aromatic heterocycles. The van der Waals surface area contributed by atoms with Crippen molar-refractivity contribution in [3.8, 4) is 0 Å². The number of nitrogens with zero attached hydrogens (tertiary/aromatic N) is 2. The van der Waals surface area contributed by atoms with Crippen LogP contribution in [0.3, 0.4) is 0 Å². The average Bonchev–Trinajstić information content (AvgIpc) is 1.69. The molecule has 0 saturated carbocycles. The molecule has 1 aliphatic heterocycles. The lowest BCUT2D eigenvalue weighted by Gasteiger charge is -1.85. The number of aliphatic imine (C=N–C) groups is 2. The third-order valence-corrected chi connectivity index (χ3v) is 1.82. The van der Waals surface area contributed by atoms with Crippen molar-refractivity contribution in [1.82, 2.24) is 0 Å². The van der Waals surface area contributed by atoms with E-state index in [0.717, 1.165) is 0 Å². The zero-order chi connectivity index (χ0) is 5.11.